The molecule has 0 fully saturated rings. The van der Waals surface area contributed by atoms with Gasteiger partial charge >= 0.3 is 6.03 Å². The highest BCUT2D eigenvalue weighted by Crippen LogP contribution is 2.10. The van der Waals surface area contributed by atoms with Crippen LogP contribution in [0.3, 0.4) is 0 Å². The monoisotopic (exact) mass is 331 g/mol. The highest BCUT2D eigenvalue weighted by molar-refractivity contribution is 7.88. The van der Waals surface area contributed by atoms with Crippen molar-refractivity contribution < 1.29 is 13.2 Å². The SMILES string of the molecule is CCCCCN(C)S(=O)(=O)c1ncn(C(=O)N(CC)CC)n1. The van der Waals surface area contributed by atoms with Gasteiger partial charge in [0.05, 0.1) is 0 Å². The lowest BCUT2D eigenvalue weighted by molar-refractivity contribution is 0.201. The molecule has 0 radical (unpaired) electrons. The van der Waals surface area contributed by atoms with Gasteiger partial charge in [0.1, 0.15) is 6.33 Å². The van der Waals surface area contributed by atoms with Crippen molar-refractivity contribution in [3.8, 4) is 0 Å². The van der Waals surface area contributed by atoms with Gasteiger partial charge in [0.15, 0.2) is 0 Å². The van der Waals surface area contributed by atoms with E-state index in [1.807, 2.05) is 13.8 Å². The first-order valence-corrected chi connectivity index (χ1v) is 8.99. The van der Waals surface area contributed by atoms with Gasteiger partial charge in [0, 0.05) is 26.7 Å². The first-order valence-electron chi connectivity index (χ1n) is 7.55. The van der Waals surface area contributed by atoms with Crippen molar-refractivity contribution in [3.05, 3.63) is 6.33 Å². The van der Waals surface area contributed by atoms with Crippen molar-refractivity contribution in [2.75, 3.05) is 26.7 Å². The van der Waals surface area contributed by atoms with E-state index in [1.54, 1.807) is 0 Å². The van der Waals surface area contributed by atoms with Crippen LogP contribution >= 0.6 is 0 Å². The van der Waals surface area contributed by atoms with E-state index in [0.29, 0.717) is 19.6 Å². The maximum Gasteiger partial charge on any atom is 0.346 e. The first-order chi connectivity index (χ1) is 10.4. The van der Waals surface area contributed by atoms with E-state index in [-0.39, 0.29) is 11.2 Å². The molecule has 0 saturated carbocycles. The Bertz CT molecular complexity index is 580. The zero-order valence-corrected chi connectivity index (χ0v) is 14.5. The normalized spacial score (nSPS) is 11.9. The molecule has 22 heavy (non-hydrogen) atoms. The molecular formula is C13H25N5O3S. The summed E-state index contributed by atoms with van der Waals surface area (Å²) in [6.07, 6.45) is 3.90. The molecule has 0 aliphatic carbocycles. The molecule has 0 aliphatic heterocycles. The second-order valence-corrected chi connectivity index (χ2v) is 6.90. The lowest BCUT2D eigenvalue weighted by Crippen LogP contribution is -2.35. The van der Waals surface area contributed by atoms with Gasteiger partial charge < -0.3 is 4.90 Å². The summed E-state index contributed by atoms with van der Waals surface area (Å²) in [5.41, 5.74) is 0. The topological polar surface area (TPSA) is 88.4 Å². The summed E-state index contributed by atoms with van der Waals surface area (Å²) < 4.78 is 26.9. The lowest BCUT2D eigenvalue weighted by atomic mass is 10.2. The van der Waals surface area contributed by atoms with Crippen molar-refractivity contribution in [2.45, 2.75) is 45.2 Å². The summed E-state index contributed by atoms with van der Waals surface area (Å²) in [5.74, 6) is 0. The Hall–Kier alpha value is -1.48. The maximum atomic E-state index is 12.3. The van der Waals surface area contributed by atoms with E-state index < -0.39 is 10.0 Å². The Morgan fingerprint density at radius 3 is 2.41 bits per heavy atom. The van der Waals surface area contributed by atoms with Crippen LogP contribution in [0.2, 0.25) is 0 Å². The number of rotatable bonds is 8. The maximum absolute atomic E-state index is 12.3. The summed E-state index contributed by atoms with van der Waals surface area (Å²) in [6.45, 7) is 7.20. The number of unbranched alkanes of at least 4 members (excludes halogenated alkanes) is 2. The van der Waals surface area contributed by atoms with Gasteiger partial charge in [-0.2, -0.15) is 8.99 Å². The Morgan fingerprint density at radius 2 is 1.86 bits per heavy atom. The molecule has 8 nitrogen and oxygen atoms in total. The standard InChI is InChI=1S/C13H25N5O3S/c1-5-8-9-10-16(4)22(20,21)12-14-11-18(15-12)13(19)17(6-2)7-3/h11H,5-10H2,1-4H3. The van der Waals surface area contributed by atoms with Crippen molar-refractivity contribution in [2.24, 2.45) is 0 Å². The third-order valence-electron chi connectivity index (χ3n) is 3.42. The Labute approximate surface area is 132 Å². The summed E-state index contributed by atoms with van der Waals surface area (Å²) >= 11 is 0. The second-order valence-electron chi connectivity index (χ2n) is 4.96. The second kappa shape index (κ2) is 8.23. The smallest absolute Gasteiger partial charge is 0.323 e. The first kappa shape index (κ1) is 18.6. The molecule has 0 atom stereocenters. The van der Waals surface area contributed by atoms with Crippen molar-refractivity contribution in [1.29, 1.82) is 0 Å². The predicted molar refractivity (Wildman–Crippen MR) is 83.1 cm³/mol. The van der Waals surface area contributed by atoms with Crippen LogP contribution in [-0.2, 0) is 10.0 Å². The van der Waals surface area contributed by atoms with Crippen LogP contribution < -0.4 is 0 Å². The number of hydrogen-bond acceptors (Lipinski definition) is 5. The highest BCUT2D eigenvalue weighted by atomic mass is 32.2. The molecule has 126 valence electrons. The van der Waals surface area contributed by atoms with E-state index in [1.165, 1.54) is 16.3 Å². The molecule has 1 amide bonds. The number of hydrogen-bond donors (Lipinski definition) is 0. The molecule has 1 heterocycles. The minimum absolute atomic E-state index is 0.341. The molecule has 0 aromatic carbocycles. The summed E-state index contributed by atoms with van der Waals surface area (Å²) in [7, 11) is -2.25. The van der Waals surface area contributed by atoms with Gasteiger partial charge in [-0.05, 0) is 20.3 Å². The molecule has 1 rings (SSSR count). The fourth-order valence-electron chi connectivity index (χ4n) is 1.94. The summed E-state index contributed by atoms with van der Waals surface area (Å²) in [4.78, 5) is 17.4. The van der Waals surface area contributed by atoms with E-state index in [2.05, 4.69) is 17.0 Å². The quantitative estimate of drug-likeness (QED) is 0.672. The van der Waals surface area contributed by atoms with Crippen LogP contribution in [0, 0.1) is 0 Å². The largest absolute Gasteiger partial charge is 0.346 e. The molecule has 0 N–H and O–H groups in total. The molecule has 0 aliphatic rings. The number of amides is 1. The van der Waals surface area contributed by atoms with E-state index in [0.717, 1.165) is 30.3 Å². The minimum Gasteiger partial charge on any atom is -0.323 e. The fraction of sp³-hybridized carbons (Fsp3) is 0.769. The van der Waals surface area contributed by atoms with Crippen LogP contribution in [0.25, 0.3) is 0 Å². The van der Waals surface area contributed by atoms with Crippen LogP contribution in [0.1, 0.15) is 40.0 Å². The molecule has 0 bridgehead atoms. The van der Waals surface area contributed by atoms with Gasteiger partial charge in [0.25, 0.3) is 15.2 Å². The van der Waals surface area contributed by atoms with Gasteiger partial charge in [-0.15, -0.1) is 5.10 Å². The molecule has 1 aromatic heterocycles. The predicted octanol–water partition coefficient (Wildman–Crippen LogP) is 1.40. The third-order valence-corrected chi connectivity index (χ3v) is 5.07. The average molecular weight is 331 g/mol. The van der Waals surface area contributed by atoms with Crippen LogP contribution in [-0.4, -0.2) is 65.1 Å². The Kier molecular flexibility index (Phi) is 6.95. The third kappa shape index (κ3) is 4.26. The molecular weight excluding hydrogens is 306 g/mol. The van der Waals surface area contributed by atoms with Crippen LogP contribution in [0.5, 0.6) is 0 Å². The zero-order valence-electron chi connectivity index (χ0n) is 13.7. The minimum atomic E-state index is -3.75. The van der Waals surface area contributed by atoms with E-state index in [9.17, 15) is 13.2 Å². The van der Waals surface area contributed by atoms with Gasteiger partial charge in [-0.25, -0.2) is 18.2 Å². The summed E-state index contributed by atoms with van der Waals surface area (Å²) in [5, 5.41) is 3.49. The number of aromatic nitrogens is 3. The van der Waals surface area contributed by atoms with Crippen LogP contribution in [0.4, 0.5) is 4.79 Å². The molecule has 0 saturated heterocycles. The molecule has 9 heteroatoms. The summed E-state index contributed by atoms with van der Waals surface area (Å²) in [6, 6.07) is -0.382. The van der Waals surface area contributed by atoms with E-state index in [4.69, 9.17) is 0 Å². The van der Waals surface area contributed by atoms with Crippen molar-refractivity contribution in [1.82, 2.24) is 24.0 Å². The Balaban J connectivity index is 2.87. The molecule has 0 spiro atoms. The van der Waals surface area contributed by atoms with Gasteiger partial charge in [-0.3, -0.25) is 0 Å². The highest BCUT2D eigenvalue weighted by Gasteiger charge is 2.26. The van der Waals surface area contributed by atoms with Gasteiger partial charge in [0.2, 0.25) is 0 Å². The number of sulfonamides is 1. The average Bonchev–Trinajstić information content (AvgIpc) is 2.99. The van der Waals surface area contributed by atoms with Crippen molar-refractivity contribution >= 4 is 16.1 Å². The Morgan fingerprint density at radius 1 is 1.23 bits per heavy atom. The molecule has 1 aromatic rings. The fourth-order valence-corrected chi connectivity index (χ4v) is 2.96. The number of carbonyl (C=O) groups excluding carboxylic acids is 1. The van der Waals surface area contributed by atoms with Crippen LogP contribution in [0.15, 0.2) is 11.5 Å². The number of nitrogens with zero attached hydrogens (tertiary/aromatic N) is 5. The zero-order chi connectivity index (χ0) is 16.8. The molecule has 0 unspecified atom stereocenters. The lowest BCUT2D eigenvalue weighted by Gasteiger charge is -2.17. The van der Waals surface area contributed by atoms with Gasteiger partial charge in [-0.1, -0.05) is 19.8 Å². The van der Waals surface area contributed by atoms with E-state index >= 15 is 0 Å². The number of carbonyl (C=O) groups is 1. The van der Waals surface area contributed by atoms with Crippen molar-refractivity contribution in [3.63, 3.8) is 0 Å².